The Morgan fingerprint density at radius 2 is 2.25 bits per heavy atom. The summed E-state index contributed by atoms with van der Waals surface area (Å²) < 4.78 is 0. The van der Waals surface area contributed by atoms with Gasteiger partial charge in [0.25, 0.3) is 0 Å². The minimum atomic E-state index is -0.272. The van der Waals surface area contributed by atoms with Crippen molar-refractivity contribution in [1.82, 2.24) is 5.32 Å². The fourth-order valence-corrected chi connectivity index (χ4v) is 1.70. The second-order valence-electron chi connectivity index (χ2n) is 4.06. The van der Waals surface area contributed by atoms with Crippen LogP contribution >= 0.6 is 0 Å². The van der Waals surface area contributed by atoms with Gasteiger partial charge in [0, 0.05) is 0 Å². The molecule has 1 atom stereocenters. The minimum Gasteiger partial charge on any atom is -0.368 e. The Morgan fingerprint density at radius 1 is 1.50 bits per heavy atom. The van der Waals surface area contributed by atoms with Gasteiger partial charge in [0.05, 0.1) is 6.04 Å². The van der Waals surface area contributed by atoms with Gasteiger partial charge in [-0.15, -0.1) is 0 Å². The van der Waals surface area contributed by atoms with Crippen molar-refractivity contribution >= 4 is 5.91 Å². The monoisotopic (exact) mass is 220 g/mol. The molecule has 1 rings (SSSR count). The van der Waals surface area contributed by atoms with Gasteiger partial charge in [-0.3, -0.25) is 4.79 Å². The molecule has 0 aromatic heterocycles. The van der Waals surface area contributed by atoms with Crippen molar-refractivity contribution in [3.05, 3.63) is 35.4 Å². The number of rotatable bonds is 6. The number of benzene rings is 1. The standard InChI is InChI=1S/C13H20N2O/c1-3-12(13(14)16)15-8-7-11-6-4-5-10(2)9-11/h4-6,9,12,15H,3,7-8H2,1-2H3,(H2,14,16). The molecule has 0 aliphatic rings. The van der Waals surface area contributed by atoms with E-state index in [1.165, 1.54) is 11.1 Å². The smallest absolute Gasteiger partial charge is 0.234 e. The van der Waals surface area contributed by atoms with Crippen molar-refractivity contribution in [3.8, 4) is 0 Å². The second kappa shape index (κ2) is 6.28. The molecular weight excluding hydrogens is 200 g/mol. The first kappa shape index (κ1) is 12.7. The number of carbonyl (C=O) groups excluding carboxylic acids is 1. The van der Waals surface area contributed by atoms with Crippen LogP contribution in [0.15, 0.2) is 24.3 Å². The molecule has 0 saturated heterocycles. The summed E-state index contributed by atoms with van der Waals surface area (Å²) in [5.74, 6) is -0.272. The molecule has 0 bridgehead atoms. The molecule has 1 amide bonds. The van der Waals surface area contributed by atoms with Crippen LogP contribution in [0.2, 0.25) is 0 Å². The molecule has 1 unspecified atom stereocenters. The number of primary amides is 1. The summed E-state index contributed by atoms with van der Waals surface area (Å²) in [6.45, 7) is 4.81. The predicted octanol–water partition coefficient (Wildman–Crippen LogP) is 1.39. The minimum absolute atomic E-state index is 0.204. The average Bonchev–Trinajstić information content (AvgIpc) is 2.24. The second-order valence-corrected chi connectivity index (χ2v) is 4.06. The highest BCUT2D eigenvalue weighted by molar-refractivity contribution is 5.79. The lowest BCUT2D eigenvalue weighted by Crippen LogP contribution is -2.41. The quantitative estimate of drug-likeness (QED) is 0.761. The molecule has 0 fully saturated rings. The molecule has 0 saturated carbocycles. The van der Waals surface area contributed by atoms with Gasteiger partial charge in [-0.2, -0.15) is 0 Å². The van der Waals surface area contributed by atoms with E-state index in [2.05, 4.69) is 36.5 Å². The number of hydrogen-bond acceptors (Lipinski definition) is 2. The van der Waals surface area contributed by atoms with Crippen molar-refractivity contribution in [2.45, 2.75) is 32.7 Å². The maximum absolute atomic E-state index is 11.0. The first-order valence-corrected chi connectivity index (χ1v) is 5.71. The summed E-state index contributed by atoms with van der Waals surface area (Å²) in [7, 11) is 0. The number of amides is 1. The molecule has 88 valence electrons. The molecule has 0 spiro atoms. The van der Waals surface area contributed by atoms with Crippen molar-refractivity contribution in [2.75, 3.05) is 6.54 Å². The number of hydrogen-bond donors (Lipinski definition) is 2. The van der Waals surface area contributed by atoms with E-state index in [0.29, 0.717) is 0 Å². The van der Waals surface area contributed by atoms with Gasteiger partial charge in [-0.25, -0.2) is 0 Å². The van der Waals surface area contributed by atoms with Crippen molar-refractivity contribution in [2.24, 2.45) is 5.73 Å². The first-order valence-electron chi connectivity index (χ1n) is 5.71. The summed E-state index contributed by atoms with van der Waals surface area (Å²) in [5, 5.41) is 3.16. The predicted molar refractivity (Wildman–Crippen MR) is 66.2 cm³/mol. The van der Waals surface area contributed by atoms with Crippen LogP contribution < -0.4 is 11.1 Å². The molecule has 1 aromatic rings. The molecule has 3 nitrogen and oxygen atoms in total. The zero-order chi connectivity index (χ0) is 12.0. The maximum Gasteiger partial charge on any atom is 0.234 e. The largest absolute Gasteiger partial charge is 0.368 e. The summed E-state index contributed by atoms with van der Waals surface area (Å²) in [4.78, 5) is 11.0. The topological polar surface area (TPSA) is 55.1 Å². The Labute approximate surface area is 97.0 Å². The van der Waals surface area contributed by atoms with Crippen LogP contribution in [0.1, 0.15) is 24.5 Å². The lowest BCUT2D eigenvalue weighted by molar-refractivity contribution is -0.120. The van der Waals surface area contributed by atoms with Crippen LogP contribution in [0.3, 0.4) is 0 Å². The lowest BCUT2D eigenvalue weighted by Gasteiger charge is -2.12. The first-order chi connectivity index (χ1) is 7.63. The number of nitrogens with two attached hydrogens (primary N) is 1. The maximum atomic E-state index is 11.0. The Kier molecular flexibility index (Phi) is 4.99. The van der Waals surface area contributed by atoms with E-state index in [1.807, 2.05) is 6.92 Å². The Bertz CT molecular complexity index is 350. The molecular formula is C13H20N2O. The van der Waals surface area contributed by atoms with Crippen molar-refractivity contribution < 1.29 is 4.79 Å². The van der Waals surface area contributed by atoms with Crippen LogP contribution in [0.4, 0.5) is 0 Å². The summed E-state index contributed by atoms with van der Waals surface area (Å²) >= 11 is 0. The highest BCUT2D eigenvalue weighted by atomic mass is 16.1. The van der Waals surface area contributed by atoms with E-state index in [9.17, 15) is 4.79 Å². The third-order valence-electron chi connectivity index (χ3n) is 2.64. The molecule has 0 radical (unpaired) electrons. The van der Waals surface area contributed by atoms with Gasteiger partial charge in [0.2, 0.25) is 5.91 Å². The molecule has 1 aromatic carbocycles. The van der Waals surface area contributed by atoms with E-state index in [0.717, 1.165) is 19.4 Å². The number of carbonyl (C=O) groups is 1. The normalized spacial score (nSPS) is 12.4. The van der Waals surface area contributed by atoms with Crippen LogP contribution in [-0.4, -0.2) is 18.5 Å². The highest BCUT2D eigenvalue weighted by Crippen LogP contribution is 2.04. The van der Waals surface area contributed by atoms with Gasteiger partial charge >= 0.3 is 0 Å². The fourth-order valence-electron chi connectivity index (χ4n) is 1.70. The number of nitrogens with one attached hydrogen (secondary N) is 1. The third-order valence-corrected chi connectivity index (χ3v) is 2.64. The van der Waals surface area contributed by atoms with Gasteiger partial charge < -0.3 is 11.1 Å². The van der Waals surface area contributed by atoms with Crippen LogP contribution in [0.25, 0.3) is 0 Å². The molecule has 0 aliphatic heterocycles. The Hall–Kier alpha value is -1.35. The van der Waals surface area contributed by atoms with Crippen LogP contribution in [0, 0.1) is 6.92 Å². The average molecular weight is 220 g/mol. The lowest BCUT2D eigenvalue weighted by atomic mass is 10.1. The van der Waals surface area contributed by atoms with E-state index in [1.54, 1.807) is 0 Å². The van der Waals surface area contributed by atoms with E-state index in [4.69, 9.17) is 5.73 Å². The zero-order valence-electron chi connectivity index (χ0n) is 9.99. The molecule has 16 heavy (non-hydrogen) atoms. The summed E-state index contributed by atoms with van der Waals surface area (Å²) in [5.41, 5.74) is 7.80. The molecule has 3 heteroatoms. The molecule has 0 aliphatic carbocycles. The molecule has 3 N–H and O–H groups in total. The SMILES string of the molecule is CCC(NCCc1cccc(C)c1)C(N)=O. The Morgan fingerprint density at radius 3 is 2.81 bits per heavy atom. The van der Waals surface area contributed by atoms with Gasteiger partial charge in [-0.1, -0.05) is 36.8 Å². The Balaban J connectivity index is 2.38. The van der Waals surface area contributed by atoms with E-state index in [-0.39, 0.29) is 11.9 Å². The van der Waals surface area contributed by atoms with Crippen molar-refractivity contribution in [1.29, 1.82) is 0 Å². The van der Waals surface area contributed by atoms with E-state index >= 15 is 0 Å². The van der Waals surface area contributed by atoms with Crippen LogP contribution in [0.5, 0.6) is 0 Å². The van der Waals surface area contributed by atoms with Crippen LogP contribution in [-0.2, 0) is 11.2 Å². The van der Waals surface area contributed by atoms with Gasteiger partial charge in [-0.05, 0) is 31.9 Å². The fraction of sp³-hybridized carbons (Fsp3) is 0.462. The van der Waals surface area contributed by atoms with Gasteiger partial charge in [0.1, 0.15) is 0 Å². The summed E-state index contributed by atoms with van der Waals surface area (Å²) in [6.07, 6.45) is 1.66. The number of aryl methyl sites for hydroxylation is 1. The molecule has 0 heterocycles. The van der Waals surface area contributed by atoms with Crippen molar-refractivity contribution in [3.63, 3.8) is 0 Å². The highest BCUT2D eigenvalue weighted by Gasteiger charge is 2.10. The zero-order valence-corrected chi connectivity index (χ0v) is 9.99. The van der Waals surface area contributed by atoms with E-state index < -0.39 is 0 Å². The van der Waals surface area contributed by atoms with Gasteiger partial charge in [0.15, 0.2) is 0 Å². The third kappa shape index (κ3) is 4.03. The summed E-state index contributed by atoms with van der Waals surface area (Å²) in [6, 6.07) is 8.18.